The highest BCUT2D eigenvalue weighted by molar-refractivity contribution is 9.10. The van der Waals surface area contributed by atoms with Crippen LogP contribution >= 0.6 is 15.9 Å². The van der Waals surface area contributed by atoms with Gasteiger partial charge in [0.15, 0.2) is 10.3 Å². The van der Waals surface area contributed by atoms with Gasteiger partial charge in [0.05, 0.1) is 11.8 Å². The predicted octanol–water partition coefficient (Wildman–Crippen LogP) is 3.75. The molecule has 0 bridgehead atoms. The molecule has 0 radical (unpaired) electrons. The van der Waals surface area contributed by atoms with Crippen molar-refractivity contribution in [3.63, 3.8) is 0 Å². The summed E-state index contributed by atoms with van der Waals surface area (Å²) in [5, 5.41) is 2.89. The smallest absolute Gasteiger partial charge is 0.268 e. The number of halogens is 1. The van der Waals surface area contributed by atoms with Gasteiger partial charge in [-0.1, -0.05) is 6.08 Å². The third-order valence-corrected chi connectivity index (χ3v) is 3.73. The minimum Gasteiger partial charge on any atom is -0.469 e. The monoisotopic (exact) mass is 362 g/mol. The first-order chi connectivity index (χ1) is 10.7. The number of nitrogens with one attached hydrogen (secondary N) is 1. The van der Waals surface area contributed by atoms with Crippen LogP contribution in [0, 0.1) is 0 Å². The summed E-state index contributed by atoms with van der Waals surface area (Å²) in [7, 11) is 0. The van der Waals surface area contributed by atoms with Crippen LogP contribution in [0.15, 0.2) is 56.7 Å². The van der Waals surface area contributed by atoms with Crippen LogP contribution in [0.25, 0.3) is 11.1 Å². The summed E-state index contributed by atoms with van der Waals surface area (Å²) in [6.07, 6.45) is 4.03. The lowest BCUT2D eigenvalue weighted by atomic mass is 10.3. The zero-order valence-corrected chi connectivity index (χ0v) is 13.4. The number of nitrogens with zero attached hydrogens (tertiary/aromatic N) is 1. The number of hydrogen-bond donors (Lipinski definition) is 1. The molecule has 3 aromatic heterocycles. The minimum absolute atomic E-state index is 0.143. The molecule has 0 fully saturated rings. The van der Waals surface area contributed by atoms with Gasteiger partial charge in [0.1, 0.15) is 11.5 Å². The number of amides is 1. The maximum absolute atomic E-state index is 12.4. The first-order valence-electron chi connectivity index (χ1n) is 6.89. The van der Waals surface area contributed by atoms with E-state index in [0.717, 1.165) is 11.3 Å². The summed E-state index contributed by atoms with van der Waals surface area (Å²) in [5.74, 6) is 0.704. The van der Waals surface area contributed by atoms with Crippen LogP contribution in [0.1, 0.15) is 16.2 Å². The number of fused-ring (bicyclic) bond motifs is 1. The van der Waals surface area contributed by atoms with E-state index in [-0.39, 0.29) is 5.91 Å². The number of rotatable bonds is 6. The number of carbonyl (C=O) groups is 1. The standard InChI is InChI=1S/C16H15BrN2O3/c1-2-7-19-12-10-15(17)22-14(12)9-13(19)16(20)18-6-5-11-4-3-8-21-11/h2-4,8-10H,1,5-7H2,(H,18,20). The third-order valence-electron chi connectivity index (χ3n) is 3.34. The lowest BCUT2D eigenvalue weighted by Crippen LogP contribution is -2.27. The van der Waals surface area contributed by atoms with Gasteiger partial charge in [0, 0.05) is 31.6 Å². The molecular formula is C16H15BrN2O3. The summed E-state index contributed by atoms with van der Waals surface area (Å²) >= 11 is 3.30. The molecule has 0 saturated carbocycles. The van der Waals surface area contributed by atoms with E-state index >= 15 is 0 Å². The maximum atomic E-state index is 12.4. The van der Waals surface area contributed by atoms with Crippen LogP contribution < -0.4 is 5.32 Å². The van der Waals surface area contributed by atoms with Gasteiger partial charge in [-0.15, -0.1) is 6.58 Å². The van der Waals surface area contributed by atoms with Crippen molar-refractivity contribution in [2.24, 2.45) is 0 Å². The molecule has 3 rings (SSSR count). The molecule has 0 aliphatic rings. The van der Waals surface area contributed by atoms with Crippen LogP contribution in [-0.4, -0.2) is 17.0 Å². The Morgan fingerprint density at radius 2 is 2.32 bits per heavy atom. The highest BCUT2D eigenvalue weighted by Gasteiger charge is 2.17. The molecule has 0 saturated heterocycles. The Morgan fingerprint density at radius 3 is 3.05 bits per heavy atom. The predicted molar refractivity (Wildman–Crippen MR) is 86.8 cm³/mol. The fourth-order valence-electron chi connectivity index (χ4n) is 2.37. The van der Waals surface area contributed by atoms with Crippen LogP contribution in [0.5, 0.6) is 0 Å². The first kappa shape index (κ1) is 14.7. The largest absolute Gasteiger partial charge is 0.469 e. The fraction of sp³-hybridized carbons (Fsp3) is 0.188. The molecule has 3 aromatic rings. The Hall–Kier alpha value is -2.21. The molecule has 0 aromatic carbocycles. The highest BCUT2D eigenvalue weighted by Crippen LogP contribution is 2.27. The average Bonchev–Trinajstić information content (AvgIpc) is 3.17. The van der Waals surface area contributed by atoms with Crippen molar-refractivity contribution in [1.29, 1.82) is 0 Å². The molecule has 0 spiro atoms. The van der Waals surface area contributed by atoms with Crippen LogP contribution in [-0.2, 0) is 13.0 Å². The Labute approximate surface area is 135 Å². The second-order valence-corrected chi connectivity index (χ2v) is 5.60. The van der Waals surface area contributed by atoms with Crippen LogP contribution in [0.4, 0.5) is 0 Å². The molecule has 5 nitrogen and oxygen atoms in total. The van der Waals surface area contributed by atoms with E-state index in [9.17, 15) is 4.79 Å². The number of hydrogen-bond acceptors (Lipinski definition) is 3. The minimum atomic E-state index is -0.143. The fourth-order valence-corrected chi connectivity index (χ4v) is 2.76. The molecular weight excluding hydrogens is 348 g/mol. The Morgan fingerprint density at radius 1 is 1.45 bits per heavy atom. The van der Waals surface area contributed by atoms with Crippen molar-refractivity contribution in [1.82, 2.24) is 9.88 Å². The zero-order chi connectivity index (χ0) is 15.5. The Kier molecular flexibility index (Phi) is 4.20. The third kappa shape index (κ3) is 2.87. The van der Waals surface area contributed by atoms with Crippen molar-refractivity contribution in [2.75, 3.05) is 6.54 Å². The molecule has 6 heteroatoms. The van der Waals surface area contributed by atoms with E-state index in [1.807, 2.05) is 22.8 Å². The van der Waals surface area contributed by atoms with E-state index in [2.05, 4.69) is 27.8 Å². The van der Waals surface area contributed by atoms with Crippen molar-refractivity contribution < 1.29 is 13.6 Å². The average molecular weight is 363 g/mol. The van der Waals surface area contributed by atoms with Gasteiger partial charge in [-0.2, -0.15) is 0 Å². The first-order valence-corrected chi connectivity index (χ1v) is 7.68. The number of allylic oxidation sites excluding steroid dienone is 1. The lowest BCUT2D eigenvalue weighted by molar-refractivity contribution is 0.0945. The molecule has 0 aliphatic heterocycles. The molecule has 1 N–H and O–H groups in total. The summed E-state index contributed by atoms with van der Waals surface area (Å²) in [5.41, 5.74) is 2.09. The second kappa shape index (κ2) is 6.27. The van der Waals surface area contributed by atoms with Gasteiger partial charge >= 0.3 is 0 Å². The van der Waals surface area contributed by atoms with E-state index < -0.39 is 0 Å². The summed E-state index contributed by atoms with van der Waals surface area (Å²) in [6, 6.07) is 7.31. The molecule has 1 amide bonds. The topological polar surface area (TPSA) is 60.3 Å². The normalized spacial score (nSPS) is 11.0. The van der Waals surface area contributed by atoms with E-state index in [4.69, 9.17) is 8.83 Å². The number of aromatic nitrogens is 1. The van der Waals surface area contributed by atoms with Gasteiger partial charge in [-0.05, 0) is 28.1 Å². The van der Waals surface area contributed by atoms with Gasteiger partial charge in [0.2, 0.25) is 0 Å². The van der Waals surface area contributed by atoms with Crippen molar-refractivity contribution in [3.8, 4) is 0 Å². The number of furan rings is 2. The second-order valence-electron chi connectivity index (χ2n) is 4.81. The summed E-state index contributed by atoms with van der Waals surface area (Å²) < 4.78 is 13.3. The molecule has 22 heavy (non-hydrogen) atoms. The van der Waals surface area contributed by atoms with Crippen molar-refractivity contribution in [3.05, 3.63) is 59.3 Å². The van der Waals surface area contributed by atoms with Crippen LogP contribution in [0.3, 0.4) is 0 Å². The molecule has 114 valence electrons. The van der Waals surface area contributed by atoms with Gasteiger partial charge in [-0.3, -0.25) is 4.79 Å². The van der Waals surface area contributed by atoms with Gasteiger partial charge < -0.3 is 18.7 Å². The Bertz CT molecular complexity index is 799. The van der Waals surface area contributed by atoms with Crippen molar-refractivity contribution in [2.45, 2.75) is 13.0 Å². The Balaban J connectivity index is 1.76. The molecule has 3 heterocycles. The van der Waals surface area contributed by atoms with E-state index in [0.29, 0.717) is 35.5 Å². The lowest BCUT2D eigenvalue weighted by Gasteiger charge is -2.08. The van der Waals surface area contributed by atoms with Gasteiger partial charge in [-0.25, -0.2) is 0 Å². The quantitative estimate of drug-likeness (QED) is 0.679. The SMILES string of the molecule is C=CCn1c(C(=O)NCCc2ccco2)cc2oc(Br)cc21. The summed E-state index contributed by atoms with van der Waals surface area (Å²) in [4.78, 5) is 12.4. The molecule has 0 atom stereocenters. The highest BCUT2D eigenvalue weighted by atomic mass is 79.9. The van der Waals surface area contributed by atoms with E-state index in [1.54, 1.807) is 18.4 Å². The maximum Gasteiger partial charge on any atom is 0.268 e. The van der Waals surface area contributed by atoms with Gasteiger partial charge in [0.25, 0.3) is 5.91 Å². The number of carbonyl (C=O) groups excluding carboxylic acids is 1. The molecule has 0 unspecified atom stereocenters. The zero-order valence-electron chi connectivity index (χ0n) is 11.8. The summed E-state index contributed by atoms with van der Waals surface area (Å²) in [6.45, 7) is 4.79. The van der Waals surface area contributed by atoms with E-state index in [1.165, 1.54) is 0 Å². The van der Waals surface area contributed by atoms with Crippen LogP contribution in [0.2, 0.25) is 0 Å². The molecule has 0 aliphatic carbocycles. The van der Waals surface area contributed by atoms with Crippen molar-refractivity contribution >= 4 is 32.9 Å².